The predicted molar refractivity (Wildman–Crippen MR) is 86.1 cm³/mol. The quantitative estimate of drug-likeness (QED) is 0.933. The summed E-state index contributed by atoms with van der Waals surface area (Å²) in [5.41, 5.74) is 2.24. The van der Waals surface area contributed by atoms with E-state index >= 15 is 0 Å². The van der Waals surface area contributed by atoms with E-state index in [2.05, 4.69) is 19.1 Å². The first kappa shape index (κ1) is 16.3. The summed E-state index contributed by atoms with van der Waals surface area (Å²) in [6.07, 6.45) is 1.86. The molecule has 1 aliphatic rings. The molecule has 1 amide bonds. The molecule has 0 radical (unpaired) electrons. The lowest BCUT2D eigenvalue weighted by atomic mass is 10.0. The van der Waals surface area contributed by atoms with Crippen molar-refractivity contribution in [2.45, 2.75) is 19.4 Å². The molecule has 2 heterocycles. The summed E-state index contributed by atoms with van der Waals surface area (Å²) in [4.78, 5) is 25.0. The Kier molecular flexibility index (Phi) is 4.66. The van der Waals surface area contributed by atoms with Gasteiger partial charge in [-0.1, -0.05) is 31.2 Å². The van der Waals surface area contributed by atoms with Gasteiger partial charge in [-0.05, 0) is 17.5 Å². The van der Waals surface area contributed by atoms with Crippen LogP contribution in [-0.4, -0.2) is 41.6 Å². The van der Waals surface area contributed by atoms with Crippen LogP contribution in [0.2, 0.25) is 0 Å². The normalized spacial score (nSPS) is 17.7. The number of carbonyl (C=O) groups is 2. The molecule has 1 N–H and O–H groups in total. The fourth-order valence-electron chi connectivity index (χ4n) is 2.72. The standard InChI is InChI=1S/C18H19NO5/c1-2-12-3-5-13(6-4-12)16-10-19(7-8-23-16)17(20)15-9-14(11-24-15)18(21)22/h3-6,9,11,16H,2,7-8,10H2,1H3,(H,21,22). The average molecular weight is 329 g/mol. The minimum absolute atomic E-state index is 0.0293. The number of carboxylic acids is 1. The van der Waals surface area contributed by atoms with Crippen LogP contribution in [0, 0.1) is 0 Å². The molecule has 0 aliphatic carbocycles. The zero-order valence-electron chi connectivity index (χ0n) is 13.4. The van der Waals surface area contributed by atoms with Crippen molar-refractivity contribution in [2.75, 3.05) is 19.7 Å². The summed E-state index contributed by atoms with van der Waals surface area (Å²) < 4.78 is 10.9. The van der Waals surface area contributed by atoms with Crippen molar-refractivity contribution in [3.05, 3.63) is 59.0 Å². The molecule has 126 valence electrons. The Balaban J connectivity index is 1.71. The van der Waals surface area contributed by atoms with Gasteiger partial charge in [0.25, 0.3) is 5.91 Å². The maximum atomic E-state index is 12.5. The Bertz CT molecular complexity index is 734. The first-order chi connectivity index (χ1) is 11.6. The minimum atomic E-state index is -1.12. The van der Waals surface area contributed by atoms with Gasteiger partial charge in [-0.3, -0.25) is 4.79 Å². The van der Waals surface area contributed by atoms with Crippen LogP contribution in [0.25, 0.3) is 0 Å². The van der Waals surface area contributed by atoms with Crippen LogP contribution < -0.4 is 0 Å². The second-order valence-electron chi connectivity index (χ2n) is 5.71. The number of aromatic carboxylic acids is 1. The number of carboxylic acid groups (broad SMARTS) is 1. The summed E-state index contributed by atoms with van der Waals surface area (Å²) >= 11 is 0. The van der Waals surface area contributed by atoms with Crippen LogP contribution in [0.5, 0.6) is 0 Å². The number of benzene rings is 1. The van der Waals surface area contributed by atoms with Crippen LogP contribution in [0.3, 0.4) is 0 Å². The molecule has 0 spiro atoms. The minimum Gasteiger partial charge on any atom is -0.478 e. The summed E-state index contributed by atoms with van der Waals surface area (Å²) in [6, 6.07) is 9.42. The number of aryl methyl sites for hydroxylation is 1. The van der Waals surface area contributed by atoms with Gasteiger partial charge in [-0.2, -0.15) is 0 Å². The molecule has 1 unspecified atom stereocenters. The zero-order valence-corrected chi connectivity index (χ0v) is 13.4. The molecule has 2 aromatic rings. The van der Waals surface area contributed by atoms with E-state index in [0.29, 0.717) is 19.7 Å². The van der Waals surface area contributed by atoms with Crippen molar-refractivity contribution >= 4 is 11.9 Å². The monoisotopic (exact) mass is 329 g/mol. The first-order valence-corrected chi connectivity index (χ1v) is 7.90. The highest BCUT2D eigenvalue weighted by atomic mass is 16.5. The van der Waals surface area contributed by atoms with Gasteiger partial charge in [-0.25, -0.2) is 4.79 Å². The second kappa shape index (κ2) is 6.88. The van der Waals surface area contributed by atoms with Gasteiger partial charge in [0.1, 0.15) is 12.4 Å². The fourth-order valence-corrected chi connectivity index (χ4v) is 2.72. The maximum absolute atomic E-state index is 12.5. The molecular weight excluding hydrogens is 310 g/mol. The molecule has 24 heavy (non-hydrogen) atoms. The molecule has 1 saturated heterocycles. The lowest BCUT2D eigenvalue weighted by Gasteiger charge is -2.32. The molecule has 3 rings (SSSR count). The maximum Gasteiger partial charge on any atom is 0.338 e. The largest absolute Gasteiger partial charge is 0.478 e. The van der Waals surface area contributed by atoms with E-state index in [0.717, 1.165) is 18.2 Å². The molecule has 0 bridgehead atoms. The van der Waals surface area contributed by atoms with Gasteiger partial charge < -0.3 is 19.2 Å². The van der Waals surface area contributed by atoms with Gasteiger partial charge in [0.2, 0.25) is 0 Å². The van der Waals surface area contributed by atoms with E-state index in [1.54, 1.807) is 4.90 Å². The number of nitrogens with zero attached hydrogens (tertiary/aromatic N) is 1. The Hall–Kier alpha value is -2.60. The van der Waals surface area contributed by atoms with Crippen LogP contribution >= 0.6 is 0 Å². The molecule has 0 saturated carbocycles. The zero-order chi connectivity index (χ0) is 17.1. The average Bonchev–Trinajstić information content (AvgIpc) is 3.12. The number of furan rings is 1. The Morgan fingerprint density at radius 1 is 1.29 bits per heavy atom. The Labute approximate surface area is 139 Å². The number of morpholine rings is 1. The smallest absolute Gasteiger partial charge is 0.338 e. The molecule has 6 nitrogen and oxygen atoms in total. The number of amides is 1. The number of hydrogen-bond acceptors (Lipinski definition) is 4. The molecule has 1 atom stereocenters. The van der Waals surface area contributed by atoms with E-state index in [-0.39, 0.29) is 23.3 Å². The van der Waals surface area contributed by atoms with E-state index < -0.39 is 5.97 Å². The van der Waals surface area contributed by atoms with Gasteiger partial charge in [0.05, 0.1) is 18.7 Å². The van der Waals surface area contributed by atoms with Crippen LogP contribution in [0.1, 0.15) is 45.1 Å². The number of hydrogen-bond donors (Lipinski definition) is 1. The molecule has 1 aromatic heterocycles. The Morgan fingerprint density at radius 3 is 2.67 bits per heavy atom. The topological polar surface area (TPSA) is 80.0 Å². The number of rotatable bonds is 4. The number of ether oxygens (including phenoxy) is 1. The molecule has 1 aliphatic heterocycles. The summed E-state index contributed by atoms with van der Waals surface area (Å²) in [5.74, 6) is -1.40. The highest BCUT2D eigenvalue weighted by Gasteiger charge is 2.28. The van der Waals surface area contributed by atoms with Gasteiger partial charge in [0.15, 0.2) is 5.76 Å². The third kappa shape index (κ3) is 3.33. The third-order valence-electron chi connectivity index (χ3n) is 4.17. The van der Waals surface area contributed by atoms with Crippen LogP contribution in [0.4, 0.5) is 0 Å². The van der Waals surface area contributed by atoms with Crippen molar-refractivity contribution < 1.29 is 23.8 Å². The van der Waals surface area contributed by atoms with Crippen molar-refractivity contribution in [2.24, 2.45) is 0 Å². The third-order valence-corrected chi connectivity index (χ3v) is 4.17. The first-order valence-electron chi connectivity index (χ1n) is 7.90. The summed E-state index contributed by atoms with van der Waals surface area (Å²) in [6.45, 7) is 3.39. The van der Waals surface area contributed by atoms with Crippen molar-refractivity contribution in [3.63, 3.8) is 0 Å². The van der Waals surface area contributed by atoms with Crippen LogP contribution in [0.15, 0.2) is 41.0 Å². The van der Waals surface area contributed by atoms with E-state index in [9.17, 15) is 9.59 Å². The SMILES string of the molecule is CCc1ccc(C2CN(C(=O)c3cc(C(=O)O)co3)CCO2)cc1. The summed E-state index contributed by atoms with van der Waals surface area (Å²) in [7, 11) is 0. The summed E-state index contributed by atoms with van der Waals surface area (Å²) in [5, 5.41) is 8.92. The van der Waals surface area contributed by atoms with Crippen LogP contribution in [-0.2, 0) is 11.2 Å². The number of carbonyl (C=O) groups excluding carboxylic acids is 1. The van der Waals surface area contributed by atoms with Crippen molar-refractivity contribution in [1.29, 1.82) is 0 Å². The van der Waals surface area contributed by atoms with Crippen molar-refractivity contribution in [3.8, 4) is 0 Å². The Morgan fingerprint density at radius 2 is 2.04 bits per heavy atom. The fraction of sp³-hybridized carbons (Fsp3) is 0.333. The van der Waals surface area contributed by atoms with Gasteiger partial charge >= 0.3 is 5.97 Å². The van der Waals surface area contributed by atoms with Gasteiger partial charge in [0, 0.05) is 12.6 Å². The molecule has 6 heteroatoms. The lowest BCUT2D eigenvalue weighted by Crippen LogP contribution is -2.42. The molecular formula is C18H19NO5. The molecule has 1 fully saturated rings. The van der Waals surface area contributed by atoms with Gasteiger partial charge in [-0.15, -0.1) is 0 Å². The predicted octanol–water partition coefficient (Wildman–Crippen LogP) is 2.75. The van der Waals surface area contributed by atoms with E-state index in [1.807, 2.05) is 12.1 Å². The van der Waals surface area contributed by atoms with E-state index in [1.165, 1.54) is 11.6 Å². The highest BCUT2D eigenvalue weighted by Crippen LogP contribution is 2.24. The lowest BCUT2D eigenvalue weighted by molar-refractivity contribution is -0.0237. The van der Waals surface area contributed by atoms with E-state index in [4.69, 9.17) is 14.3 Å². The molecule has 1 aromatic carbocycles. The highest BCUT2D eigenvalue weighted by molar-refractivity contribution is 5.95. The second-order valence-corrected chi connectivity index (χ2v) is 5.71. The van der Waals surface area contributed by atoms with Crippen molar-refractivity contribution in [1.82, 2.24) is 4.90 Å².